The second-order valence-electron chi connectivity index (χ2n) is 5.00. The van der Waals surface area contributed by atoms with Crippen LogP contribution in [0.25, 0.3) is 0 Å². The Morgan fingerprint density at radius 1 is 1.38 bits per heavy atom. The monoisotopic (exact) mass is 351 g/mol. The Hall–Kier alpha value is -2.68. The van der Waals surface area contributed by atoms with Crippen LogP contribution >= 0.6 is 11.3 Å². The molecule has 0 aromatic carbocycles. The van der Waals surface area contributed by atoms with Crippen LogP contribution in [0.3, 0.4) is 0 Å². The number of hydrogen-bond acceptors (Lipinski definition) is 7. The number of carbonyl (C=O) groups excluding carboxylic acids is 1. The maximum Gasteiger partial charge on any atom is 0.341 e. The lowest BCUT2D eigenvalue weighted by atomic mass is 10.3. The molecule has 0 atom stereocenters. The lowest BCUT2D eigenvalue weighted by Crippen LogP contribution is -2.38. The maximum atomic E-state index is 12.1. The van der Waals surface area contributed by atoms with Crippen LogP contribution in [0.2, 0.25) is 0 Å². The molecule has 0 saturated heterocycles. The molecule has 2 aromatic heterocycles. The van der Waals surface area contributed by atoms with E-state index in [9.17, 15) is 19.5 Å². The highest BCUT2D eigenvalue weighted by atomic mass is 32.1. The zero-order valence-electron chi connectivity index (χ0n) is 13.7. The fraction of sp³-hybridized carbons (Fsp3) is 0.333. The van der Waals surface area contributed by atoms with Crippen molar-refractivity contribution in [3.05, 3.63) is 42.9 Å². The van der Waals surface area contributed by atoms with Gasteiger partial charge in [0.05, 0.1) is 12.2 Å². The molecule has 0 spiro atoms. The first kappa shape index (κ1) is 17.7. The predicted octanol–water partition coefficient (Wildman–Crippen LogP) is 1.09. The summed E-state index contributed by atoms with van der Waals surface area (Å²) in [5.41, 5.74) is -1.17. The molecule has 24 heavy (non-hydrogen) atoms. The zero-order valence-corrected chi connectivity index (χ0v) is 14.5. The predicted molar refractivity (Wildman–Crippen MR) is 90.9 cm³/mol. The van der Waals surface area contributed by atoms with Gasteiger partial charge < -0.3 is 9.84 Å². The molecular formula is C15H17N3O5S. The van der Waals surface area contributed by atoms with Crippen molar-refractivity contribution in [2.24, 2.45) is 19.1 Å². The fourth-order valence-corrected chi connectivity index (χ4v) is 2.89. The van der Waals surface area contributed by atoms with Crippen molar-refractivity contribution in [2.75, 3.05) is 6.61 Å². The number of thiophene rings is 1. The first-order valence-electron chi connectivity index (χ1n) is 7.08. The minimum atomic E-state index is -0.676. The minimum Gasteiger partial charge on any atom is -0.494 e. The van der Waals surface area contributed by atoms with Crippen molar-refractivity contribution in [1.82, 2.24) is 9.13 Å². The zero-order chi connectivity index (χ0) is 18.0. The molecule has 0 aliphatic rings. The van der Waals surface area contributed by atoms with Crippen molar-refractivity contribution in [3.8, 4) is 5.88 Å². The van der Waals surface area contributed by atoms with Crippen molar-refractivity contribution >= 4 is 28.5 Å². The van der Waals surface area contributed by atoms with E-state index in [4.69, 9.17) is 4.74 Å². The van der Waals surface area contributed by atoms with E-state index in [0.29, 0.717) is 5.00 Å². The molecule has 0 aliphatic carbocycles. The van der Waals surface area contributed by atoms with Crippen LogP contribution in [0.15, 0.2) is 20.6 Å². The average molecular weight is 351 g/mol. The molecule has 0 radical (unpaired) electrons. The number of esters is 1. The highest BCUT2D eigenvalue weighted by Crippen LogP contribution is 2.31. The van der Waals surface area contributed by atoms with Gasteiger partial charge in [0, 0.05) is 25.2 Å². The topological polar surface area (TPSA) is 103 Å². The van der Waals surface area contributed by atoms with Crippen molar-refractivity contribution in [2.45, 2.75) is 13.8 Å². The molecule has 0 fully saturated rings. The number of hydrogen-bond donors (Lipinski definition) is 1. The summed E-state index contributed by atoms with van der Waals surface area (Å²) in [6, 6.07) is 1.65. The largest absolute Gasteiger partial charge is 0.494 e. The second-order valence-corrected chi connectivity index (χ2v) is 6.23. The van der Waals surface area contributed by atoms with Gasteiger partial charge in [0.25, 0.3) is 5.56 Å². The first-order valence-corrected chi connectivity index (χ1v) is 7.90. The van der Waals surface area contributed by atoms with Crippen LogP contribution in [-0.2, 0) is 18.8 Å². The smallest absolute Gasteiger partial charge is 0.341 e. The Bertz CT molecular complexity index is 936. The van der Waals surface area contributed by atoms with E-state index in [-0.39, 0.29) is 17.7 Å². The van der Waals surface area contributed by atoms with E-state index in [2.05, 4.69) is 4.99 Å². The van der Waals surface area contributed by atoms with Gasteiger partial charge in [0.15, 0.2) is 0 Å². The van der Waals surface area contributed by atoms with Crippen molar-refractivity contribution in [1.29, 1.82) is 0 Å². The van der Waals surface area contributed by atoms with E-state index in [1.54, 1.807) is 13.0 Å². The van der Waals surface area contributed by atoms with E-state index in [0.717, 1.165) is 20.2 Å². The fourth-order valence-electron chi connectivity index (χ4n) is 2.05. The Morgan fingerprint density at radius 2 is 2.04 bits per heavy atom. The van der Waals surface area contributed by atoms with Crippen molar-refractivity contribution < 1.29 is 14.6 Å². The van der Waals surface area contributed by atoms with Crippen molar-refractivity contribution in [3.63, 3.8) is 0 Å². The number of nitrogens with zero attached hydrogens (tertiary/aromatic N) is 3. The third-order valence-corrected chi connectivity index (χ3v) is 4.27. The lowest BCUT2D eigenvalue weighted by molar-refractivity contribution is 0.0528. The van der Waals surface area contributed by atoms with Crippen LogP contribution in [0.5, 0.6) is 5.88 Å². The van der Waals surface area contributed by atoms with Gasteiger partial charge in [0.2, 0.25) is 5.88 Å². The lowest BCUT2D eigenvalue weighted by Gasteiger charge is -2.07. The summed E-state index contributed by atoms with van der Waals surface area (Å²) in [6.45, 7) is 3.75. The molecule has 2 aromatic rings. The molecule has 0 amide bonds. The van der Waals surface area contributed by atoms with Gasteiger partial charge in [-0.2, -0.15) is 0 Å². The Morgan fingerprint density at radius 3 is 2.67 bits per heavy atom. The average Bonchev–Trinajstić information content (AvgIpc) is 2.92. The van der Waals surface area contributed by atoms with Gasteiger partial charge in [-0.3, -0.25) is 13.9 Å². The molecule has 0 aliphatic heterocycles. The number of ether oxygens (including phenoxy) is 1. The van der Waals surface area contributed by atoms with E-state index < -0.39 is 23.1 Å². The van der Waals surface area contributed by atoms with Gasteiger partial charge in [-0.1, -0.05) is 0 Å². The number of rotatable bonds is 4. The van der Waals surface area contributed by atoms with Gasteiger partial charge in [-0.05, 0) is 19.9 Å². The van der Waals surface area contributed by atoms with Crippen LogP contribution in [0, 0.1) is 6.92 Å². The highest BCUT2D eigenvalue weighted by Gasteiger charge is 2.17. The van der Waals surface area contributed by atoms with E-state index in [1.807, 2.05) is 6.92 Å². The first-order chi connectivity index (χ1) is 11.3. The standard InChI is InChI=1S/C15H17N3O5S/c1-5-23-14(21)9-6-8(2)24-11(9)16-7-10-12(19)17(3)15(22)18(4)13(10)20/h6-7,19H,5H2,1-4H3. The summed E-state index contributed by atoms with van der Waals surface area (Å²) in [5, 5.41) is 10.4. The van der Waals surface area contributed by atoms with E-state index in [1.165, 1.54) is 25.4 Å². The molecule has 9 heteroatoms. The maximum absolute atomic E-state index is 12.1. The Balaban J connectivity index is 2.53. The summed E-state index contributed by atoms with van der Waals surface area (Å²) >= 11 is 1.25. The number of aliphatic imine (C=N–C) groups is 1. The summed E-state index contributed by atoms with van der Waals surface area (Å²) in [6.07, 6.45) is 1.14. The molecular weight excluding hydrogens is 334 g/mol. The summed E-state index contributed by atoms with van der Waals surface area (Å²) in [4.78, 5) is 40.8. The third-order valence-electron chi connectivity index (χ3n) is 3.31. The summed E-state index contributed by atoms with van der Waals surface area (Å²) < 4.78 is 6.78. The molecule has 8 nitrogen and oxygen atoms in total. The second kappa shape index (κ2) is 6.83. The number of aryl methyl sites for hydroxylation is 1. The highest BCUT2D eigenvalue weighted by molar-refractivity contribution is 7.16. The minimum absolute atomic E-state index is 0.138. The molecule has 1 N–H and O–H groups in total. The molecule has 2 heterocycles. The molecule has 128 valence electrons. The number of aromatic hydroxyl groups is 1. The molecule has 0 saturated carbocycles. The quantitative estimate of drug-likeness (QED) is 0.656. The van der Waals surface area contributed by atoms with Gasteiger partial charge >= 0.3 is 11.7 Å². The number of carbonyl (C=O) groups is 1. The van der Waals surface area contributed by atoms with Gasteiger partial charge in [-0.25, -0.2) is 14.6 Å². The van der Waals surface area contributed by atoms with Crippen LogP contribution in [-0.4, -0.2) is 33.0 Å². The Kier molecular flexibility index (Phi) is 5.03. The normalized spacial score (nSPS) is 11.2. The molecule has 2 rings (SSSR count). The van der Waals surface area contributed by atoms with Crippen LogP contribution in [0.4, 0.5) is 5.00 Å². The summed E-state index contributed by atoms with van der Waals surface area (Å²) in [5.74, 6) is -0.996. The van der Waals surface area contributed by atoms with Gasteiger partial charge in [0.1, 0.15) is 10.6 Å². The van der Waals surface area contributed by atoms with E-state index >= 15 is 0 Å². The van der Waals surface area contributed by atoms with Gasteiger partial charge in [-0.15, -0.1) is 11.3 Å². The molecule has 0 unspecified atom stereocenters. The number of aromatic nitrogens is 2. The third kappa shape index (κ3) is 3.16. The van der Waals surface area contributed by atoms with Crippen LogP contribution in [0.1, 0.15) is 27.7 Å². The van der Waals surface area contributed by atoms with Crippen LogP contribution < -0.4 is 11.2 Å². The molecule has 0 bridgehead atoms. The SMILES string of the molecule is CCOC(=O)c1cc(C)sc1N=Cc1c(O)n(C)c(=O)n(C)c1=O. The Labute approximate surface area is 141 Å². The summed E-state index contributed by atoms with van der Waals surface area (Å²) in [7, 11) is 2.65.